The van der Waals surface area contributed by atoms with E-state index in [1.54, 1.807) is 23.8 Å². The highest BCUT2D eigenvalue weighted by atomic mass is 32.1. The Morgan fingerprint density at radius 2 is 1.89 bits per heavy atom. The predicted molar refractivity (Wildman–Crippen MR) is 67.8 cm³/mol. The van der Waals surface area contributed by atoms with Crippen LogP contribution < -0.4 is 4.87 Å². The number of hydrogen-bond donors (Lipinski definition) is 0. The second-order valence-electron chi connectivity index (χ2n) is 4.28. The first-order chi connectivity index (χ1) is 8.54. The standard InChI is InChI=1S/C11H15N3O3S/c1-8-9(18-11(17)12(8)2)10(16)14-5-3-13(7-15)4-6-14/h7H,3-6H2,1-2H3. The number of amides is 2. The summed E-state index contributed by atoms with van der Waals surface area (Å²) < 4.78 is 1.49. The summed E-state index contributed by atoms with van der Waals surface area (Å²) in [5.74, 6) is -0.110. The molecule has 0 radical (unpaired) electrons. The Bertz CT molecular complexity index is 526. The number of piperazine rings is 1. The first-order valence-corrected chi connectivity index (χ1v) is 6.51. The lowest BCUT2D eigenvalue weighted by atomic mass is 10.3. The maximum absolute atomic E-state index is 12.3. The fourth-order valence-electron chi connectivity index (χ4n) is 1.89. The molecule has 0 aromatic carbocycles. The summed E-state index contributed by atoms with van der Waals surface area (Å²) in [6, 6.07) is 0. The smallest absolute Gasteiger partial charge is 0.307 e. The Morgan fingerprint density at radius 3 is 2.33 bits per heavy atom. The summed E-state index contributed by atoms with van der Waals surface area (Å²) >= 11 is 0.982. The summed E-state index contributed by atoms with van der Waals surface area (Å²) in [7, 11) is 1.66. The monoisotopic (exact) mass is 269 g/mol. The number of thiazole rings is 1. The van der Waals surface area contributed by atoms with Gasteiger partial charge in [0.15, 0.2) is 0 Å². The van der Waals surface area contributed by atoms with Crippen molar-refractivity contribution in [3.63, 3.8) is 0 Å². The first kappa shape index (κ1) is 12.8. The van der Waals surface area contributed by atoms with Crippen molar-refractivity contribution in [2.24, 2.45) is 7.05 Å². The summed E-state index contributed by atoms with van der Waals surface area (Å²) in [6.45, 7) is 3.92. The zero-order chi connectivity index (χ0) is 13.3. The lowest BCUT2D eigenvalue weighted by Gasteiger charge is -2.32. The van der Waals surface area contributed by atoms with Crippen LogP contribution in [0.1, 0.15) is 15.4 Å². The minimum absolute atomic E-state index is 0.110. The molecule has 1 fully saturated rings. The molecule has 1 aromatic rings. The Labute approximate surface area is 108 Å². The van der Waals surface area contributed by atoms with E-state index in [9.17, 15) is 14.4 Å². The van der Waals surface area contributed by atoms with Gasteiger partial charge in [0.25, 0.3) is 5.91 Å². The molecule has 98 valence electrons. The van der Waals surface area contributed by atoms with Crippen LogP contribution in [-0.2, 0) is 11.8 Å². The molecule has 0 aliphatic carbocycles. The number of hydrogen-bond acceptors (Lipinski definition) is 4. The molecule has 2 amide bonds. The van der Waals surface area contributed by atoms with Crippen molar-refractivity contribution >= 4 is 23.7 Å². The van der Waals surface area contributed by atoms with E-state index < -0.39 is 0 Å². The van der Waals surface area contributed by atoms with Gasteiger partial charge in [-0.3, -0.25) is 14.4 Å². The molecule has 0 spiro atoms. The summed E-state index contributed by atoms with van der Waals surface area (Å²) in [5.41, 5.74) is 0.702. The number of carbonyl (C=O) groups excluding carboxylic acids is 2. The van der Waals surface area contributed by atoms with Gasteiger partial charge < -0.3 is 14.4 Å². The van der Waals surface area contributed by atoms with Crippen LogP contribution in [0, 0.1) is 6.92 Å². The van der Waals surface area contributed by atoms with Gasteiger partial charge in [-0.05, 0) is 6.92 Å². The van der Waals surface area contributed by atoms with Crippen molar-refractivity contribution in [3.05, 3.63) is 20.2 Å². The minimum atomic E-state index is -0.123. The lowest BCUT2D eigenvalue weighted by Crippen LogP contribution is -2.48. The van der Waals surface area contributed by atoms with Crippen LogP contribution in [0.3, 0.4) is 0 Å². The van der Waals surface area contributed by atoms with Crippen molar-refractivity contribution in [3.8, 4) is 0 Å². The van der Waals surface area contributed by atoms with E-state index in [1.165, 1.54) is 4.57 Å². The van der Waals surface area contributed by atoms with E-state index in [1.807, 2.05) is 0 Å². The Hall–Kier alpha value is -1.63. The van der Waals surface area contributed by atoms with Gasteiger partial charge in [-0.1, -0.05) is 11.3 Å². The molecular formula is C11H15N3O3S. The third-order valence-corrected chi connectivity index (χ3v) is 4.36. The van der Waals surface area contributed by atoms with Crippen LogP contribution in [0.15, 0.2) is 4.79 Å². The van der Waals surface area contributed by atoms with Crippen LogP contribution in [-0.4, -0.2) is 52.9 Å². The molecule has 2 rings (SSSR count). The van der Waals surface area contributed by atoms with Gasteiger partial charge >= 0.3 is 4.87 Å². The molecule has 1 aromatic heterocycles. The highest BCUT2D eigenvalue weighted by Gasteiger charge is 2.25. The number of carbonyl (C=O) groups is 2. The first-order valence-electron chi connectivity index (χ1n) is 5.69. The summed E-state index contributed by atoms with van der Waals surface area (Å²) in [4.78, 5) is 38.1. The zero-order valence-electron chi connectivity index (χ0n) is 10.4. The average Bonchev–Trinajstić information content (AvgIpc) is 2.66. The van der Waals surface area contributed by atoms with Crippen molar-refractivity contribution in [2.45, 2.75) is 6.92 Å². The molecule has 1 saturated heterocycles. The third kappa shape index (κ3) is 2.17. The summed E-state index contributed by atoms with van der Waals surface area (Å²) in [6.07, 6.45) is 0.800. The van der Waals surface area contributed by atoms with E-state index in [0.717, 1.165) is 17.7 Å². The van der Waals surface area contributed by atoms with Gasteiger partial charge in [-0.2, -0.15) is 0 Å². The third-order valence-electron chi connectivity index (χ3n) is 3.24. The van der Waals surface area contributed by atoms with Crippen LogP contribution in [0.25, 0.3) is 0 Å². The van der Waals surface area contributed by atoms with Crippen molar-refractivity contribution in [1.29, 1.82) is 0 Å². The quantitative estimate of drug-likeness (QED) is 0.691. The van der Waals surface area contributed by atoms with E-state index in [0.29, 0.717) is 36.8 Å². The van der Waals surface area contributed by atoms with E-state index in [-0.39, 0.29) is 10.8 Å². The maximum Gasteiger partial charge on any atom is 0.307 e. The molecule has 0 unspecified atom stereocenters. The molecule has 0 bridgehead atoms. The van der Waals surface area contributed by atoms with E-state index in [2.05, 4.69) is 0 Å². The maximum atomic E-state index is 12.3. The molecular weight excluding hydrogens is 254 g/mol. The number of rotatable bonds is 2. The van der Waals surface area contributed by atoms with Gasteiger partial charge in [0.05, 0.1) is 0 Å². The Kier molecular flexibility index (Phi) is 3.51. The van der Waals surface area contributed by atoms with Crippen LogP contribution in [0.5, 0.6) is 0 Å². The van der Waals surface area contributed by atoms with Crippen molar-refractivity contribution in [2.75, 3.05) is 26.2 Å². The second-order valence-corrected chi connectivity index (χ2v) is 5.24. The normalized spacial score (nSPS) is 15.9. The topological polar surface area (TPSA) is 62.6 Å². The molecule has 1 aliphatic rings. The van der Waals surface area contributed by atoms with Crippen LogP contribution >= 0.6 is 11.3 Å². The second kappa shape index (κ2) is 4.93. The molecule has 0 N–H and O–H groups in total. The highest BCUT2D eigenvalue weighted by molar-refractivity contribution is 7.11. The molecule has 1 aliphatic heterocycles. The predicted octanol–water partition coefficient (Wildman–Crippen LogP) is -0.331. The number of nitrogens with zero attached hydrogens (tertiary/aromatic N) is 3. The largest absolute Gasteiger partial charge is 0.342 e. The Morgan fingerprint density at radius 1 is 1.28 bits per heavy atom. The van der Waals surface area contributed by atoms with Gasteiger partial charge in [0, 0.05) is 38.9 Å². The Balaban J connectivity index is 2.15. The molecule has 2 heterocycles. The van der Waals surface area contributed by atoms with Gasteiger partial charge in [-0.15, -0.1) is 0 Å². The molecule has 0 saturated carbocycles. The molecule has 0 atom stereocenters. The number of aromatic nitrogens is 1. The lowest BCUT2D eigenvalue weighted by molar-refractivity contribution is -0.119. The molecule has 18 heavy (non-hydrogen) atoms. The molecule has 6 nitrogen and oxygen atoms in total. The van der Waals surface area contributed by atoms with Crippen molar-refractivity contribution < 1.29 is 9.59 Å². The highest BCUT2D eigenvalue weighted by Crippen LogP contribution is 2.15. The van der Waals surface area contributed by atoms with Gasteiger partial charge in [-0.25, -0.2) is 0 Å². The fraction of sp³-hybridized carbons (Fsp3) is 0.545. The van der Waals surface area contributed by atoms with Crippen LogP contribution in [0.4, 0.5) is 0 Å². The summed E-state index contributed by atoms with van der Waals surface area (Å²) in [5, 5.41) is 0. The minimum Gasteiger partial charge on any atom is -0.342 e. The van der Waals surface area contributed by atoms with E-state index in [4.69, 9.17) is 0 Å². The van der Waals surface area contributed by atoms with Gasteiger partial charge in [0.2, 0.25) is 6.41 Å². The zero-order valence-corrected chi connectivity index (χ0v) is 11.2. The van der Waals surface area contributed by atoms with Gasteiger partial charge in [0.1, 0.15) is 4.88 Å². The van der Waals surface area contributed by atoms with E-state index >= 15 is 0 Å². The SMILES string of the molecule is Cc1c(C(=O)N2CCN(C=O)CC2)sc(=O)n1C. The average molecular weight is 269 g/mol. The fourth-order valence-corrected chi connectivity index (χ4v) is 2.84. The van der Waals surface area contributed by atoms with Crippen molar-refractivity contribution in [1.82, 2.24) is 14.4 Å². The molecule has 7 heteroatoms. The van der Waals surface area contributed by atoms with Crippen LogP contribution in [0.2, 0.25) is 0 Å².